The maximum Gasteiger partial charge on any atom is 0.326 e. The minimum atomic E-state index is -1.03. The second kappa shape index (κ2) is 14.1. The highest BCUT2D eigenvalue weighted by atomic mass is 35.5. The Morgan fingerprint density at radius 3 is 2.30 bits per heavy atom. The van der Waals surface area contributed by atoms with Crippen LogP contribution in [-0.2, 0) is 17.6 Å². The van der Waals surface area contributed by atoms with Gasteiger partial charge < -0.3 is 15.2 Å². The maximum absolute atomic E-state index is 13.3. The van der Waals surface area contributed by atoms with Crippen molar-refractivity contribution in [2.24, 2.45) is 0 Å². The van der Waals surface area contributed by atoms with Crippen LogP contribution in [0.25, 0.3) is 11.1 Å². The fourth-order valence-corrected chi connectivity index (χ4v) is 5.10. The van der Waals surface area contributed by atoms with E-state index in [4.69, 9.17) is 16.3 Å². The third kappa shape index (κ3) is 7.90. The molecular weight excluding hydrogens is 542 g/mol. The topological polar surface area (TPSA) is 75.6 Å². The highest BCUT2D eigenvalue weighted by Gasteiger charge is 2.22. The summed E-state index contributed by atoms with van der Waals surface area (Å²) in [6, 6.07) is 28.1. The van der Waals surface area contributed by atoms with Crippen molar-refractivity contribution < 1.29 is 19.4 Å². The number of hydrogen-bond donors (Lipinski definition) is 2. The van der Waals surface area contributed by atoms with E-state index < -0.39 is 12.0 Å². The monoisotopic (exact) mass is 573 g/mol. The molecule has 7 heteroatoms. The predicted molar refractivity (Wildman–Crippen MR) is 164 cm³/mol. The minimum Gasteiger partial charge on any atom is -0.480 e. The standard InChI is InChI=1S/C33H32ClNO4S/c1-22-6-3-4-9-28(22)30-20-24(14-17-29(30)32(36)35-31(33(37)38)18-19-40-2)11-10-23-12-15-26(16-13-23)39-27-8-5-7-25(34)21-27/h3-9,12-17,20-21,31H,10-11,18-19H2,1-2H3,(H,35,36)(H,37,38). The Labute approximate surface area is 244 Å². The molecule has 1 atom stereocenters. The van der Waals surface area contributed by atoms with Crippen LogP contribution in [0.4, 0.5) is 0 Å². The van der Waals surface area contributed by atoms with Crippen molar-refractivity contribution >= 4 is 35.2 Å². The van der Waals surface area contributed by atoms with Gasteiger partial charge in [0.25, 0.3) is 5.91 Å². The van der Waals surface area contributed by atoms with Crippen LogP contribution in [0.1, 0.15) is 33.5 Å². The lowest BCUT2D eigenvalue weighted by Crippen LogP contribution is -2.41. The second-order valence-electron chi connectivity index (χ2n) is 9.54. The molecule has 2 N–H and O–H groups in total. The lowest BCUT2D eigenvalue weighted by atomic mass is 9.92. The first-order chi connectivity index (χ1) is 19.3. The van der Waals surface area contributed by atoms with Crippen molar-refractivity contribution in [3.05, 3.63) is 118 Å². The number of nitrogens with one attached hydrogen (secondary N) is 1. The SMILES string of the molecule is CSCCC(NC(=O)c1ccc(CCc2ccc(Oc3cccc(Cl)c3)cc2)cc1-c1ccccc1C)C(=O)O. The van der Waals surface area contributed by atoms with Crippen LogP contribution in [0.5, 0.6) is 11.5 Å². The third-order valence-corrected chi connectivity index (χ3v) is 7.51. The Balaban J connectivity index is 1.52. The Bertz CT molecular complexity index is 1470. The highest BCUT2D eigenvalue weighted by Crippen LogP contribution is 2.29. The number of thioether (sulfide) groups is 1. The van der Waals surface area contributed by atoms with Crippen molar-refractivity contribution in [3.8, 4) is 22.6 Å². The van der Waals surface area contributed by atoms with Gasteiger partial charge in [-0.05, 0) is 102 Å². The molecule has 0 spiro atoms. The van der Waals surface area contributed by atoms with Crippen molar-refractivity contribution in [3.63, 3.8) is 0 Å². The van der Waals surface area contributed by atoms with Crippen LogP contribution in [0.3, 0.4) is 0 Å². The second-order valence-corrected chi connectivity index (χ2v) is 11.0. The van der Waals surface area contributed by atoms with Crippen LogP contribution in [-0.4, -0.2) is 35.0 Å². The number of ether oxygens (including phenoxy) is 1. The van der Waals surface area contributed by atoms with E-state index in [0.29, 0.717) is 28.5 Å². The summed E-state index contributed by atoms with van der Waals surface area (Å²) in [6.07, 6.45) is 3.87. The van der Waals surface area contributed by atoms with Crippen molar-refractivity contribution in [1.29, 1.82) is 0 Å². The number of carbonyl (C=O) groups excluding carboxylic acids is 1. The van der Waals surface area contributed by atoms with E-state index in [1.54, 1.807) is 23.9 Å². The summed E-state index contributed by atoms with van der Waals surface area (Å²) in [6.45, 7) is 2.01. The summed E-state index contributed by atoms with van der Waals surface area (Å²) >= 11 is 7.60. The number of hydrogen-bond acceptors (Lipinski definition) is 4. The van der Waals surface area contributed by atoms with E-state index in [2.05, 4.69) is 5.32 Å². The van der Waals surface area contributed by atoms with Crippen LogP contribution < -0.4 is 10.1 Å². The first kappa shape index (κ1) is 29.2. The molecule has 1 amide bonds. The number of halogens is 1. The summed E-state index contributed by atoms with van der Waals surface area (Å²) in [4.78, 5) is 25.0. The third-order valence-electron chi connectivity index (χ3n) is 6.64. The summed E-state index contributed by atoms with van der Waals surface area (Å²) in [5, 5.41) is 13.0. The van der Waals surface area contributed by atoms with E-state index in [9.17, 15) is 14.7 Å². The van der Waals surface area contributed by atoms with Crippen molar-refractivity contribution in [2.75, 3.05) is 12.0 Å². The summed E-state index contributed by atoms with van der Waals surface area (Å²) in [7, 11) is 0. The smallest absolute Gasteiger partial charge is 0.326 e. The summed E-state index contributed by atoms with van der Waals surface area (Å²) in [5.74, 6) is 0.663. The molecule has 5 nitrogen and oxygen atoms in total. The van der Waals surface area contributed by atoms with Crippen molar-refractivity contribution in [1.82, 2.24) is 5.32 Å². The number of benzene rings is 4. The number of rotatable bonds is 12. The van der Waals surface area contributed by atoms with Gasteiger partial charge in [0.05, 0.1) is 0 Å². The zero-order valence-corrected chi connectivity index (χ0v) is 24.1. The molecule has 0 fully saturated rings. The Hall–Kier alpha value is -3.74. The number of carboxylic acid groups (broad SMARTS) is 1. The first-order valence-corrected chi connectivity index (χ1v) is 14.8. The molecule has 40 heavy (non-hydrogen) atoms. The maximum atomic E-state index is 13.3. The molecular formula is C33H32ClNO4S. The van der Waals surface area contributed by atoms with Gasteiger partial charge in [0.15, 0.2) is 0 Å². The van der Waals surface area contributed by atoms with Crippen LogP contribution in [0.15, 0.2) is 91.0 Å². The molecule has 4 aromatic carbocycles. The fourth-order valence-electron chi connectivity index (χ4n) is 4.45. The van der Waals surface area contributed by atoms with Gasteiger partial charge in [0.1, 0.15) is 17.5 Å². The van der Waals surface area contributed by atoms with Crippen molar-refractivity contribution in [2.45, 2.75) is 32.2 Å². The number of amides is 1. The Morgan fingerprint density at radius 2 is 1.60 bits per heavy atom. The average molecular weight is 574 g/mol. The molecule has 0 aromatic heterocycles. The molecule has 0 aliphatic heterocycles. The van der Waals surface area contributed by atoms with Gasteiger partial charge in [-0.2, -0.15) is 11.8 Å². The van der Waals surface area contributed by atoms with Gasteiger partial charge in [-0.15, -0.1) is 0 Å². The molecule has 0 saturated carbocycles. The number of carboxylic acids is 1. The Kier molecular flexibility index (Phi) is 10.3. The highest BCUT2D eigenvalue weighted by molar-refractivity contribution is 7.98. The number of aryl methyl sites for hydroxylation is 3. The molecule has 0 bridgehead atoms. The van der Waals surface area contributed by atoms with E-state index in [1.807, 2.05) is 92.0 Å². The molecule has 0 saturated heterocycles. The molecule has 0 aliphatic rings. The van der Waals surface area contributed by atoms with Gasteiger partial charge in [0.2, 0.25) is 0 Å². The van der Waals surface area contributed by atoms with E-state index >= 15 is 0 Å². The van der Waals surface area contributed by atoms with Gasteiger partial charge in [-0.1, -0.05) is 66.2 Å². The molecule has 4 aromatic rings. The fraction of sp³-hybridized carbons (Fsp3) is 0.212. The van der Waals surface area contributed by atoms with Crippen LogP contribution in [0, 0.1) is 6.92 Å². The zero-order valence-electron chi connectivity index (χ0n) is 22.5. The Morgan fingerprint density at radius 1 is 0.875 bits per heavy atom. The van der Waals surface area contributed by atoms with Gasteiger partial charge in [-0.25, -0.2) is 4.79 Å². The normalized spacial score (nSPS) is 11.6. The quantitative estimate of drug-likeness (QED) is 0.181. The van der Waals surface area contributed by atoms with Gasteiger partial charge in [0, 0.05) is 10.6 Å². The molecule has 0 radical (unpaired) electrons. The number of carbonyl (C=O) groups is 2. The molecule has 0 aliphatic carbocycles. The minimum absolute atomic E-state index is 0.364. The van der Waals surface area contributed by atoms with Crippen LogP contribution in [0.2, 0.25) is 5.02 Å². The summed E-state index contributed by atoms with van der Waals surface area (Å²) in [5.41, 5.74) is 5.51. The predicted octanol–water partition coefficient (Wildman–Crippen LogP) is 7.83. The molecule has 4 rings (SSSR count). The van der Waals surface area contributed by atoms with Gasteiger partial charge in [-0.3, -0.25) is 4.79 Å². The van der Waals surface area contributed by atoms with E-state index in [1.165, 1.54) is 0 Å². The molecule has 1 unspecified atom stereocenters. The molecule has 206 valence electrons. The van der Waals surface area contributed by atoms with E-state index in [-0.39, 0.29) is 5.91 Å². The summed E-state index contributed by atoms with van der Waals surface area (Å²) < 4.78 is 5.89. The largest absolute Gasteiger partial charge is 0.480 e. The van der Waals surface area contributed by atoms with Gasteiger partial charge >= 0.3 is 5.97 Å². The first-order valence-electron chi connectivity index (χ1n) is 13.1. The average Bonchev–Trinajstić information content (AvgIpc) is 2.95. The lowest BCUT2D eigenvalue weighted by molar-refractivity contribution is -0.139. The zero-order chi connectivity index (χ0) is 28.5. The van der Waals surface area contributed by atoms with E-state index in [0.717, 1.165) is 46.4 Å². The molecule has 0 heterocycles. The van der Waals surface area contributed by atoms with Crippen LogP contribution >= 0.6 is 23.4 Å². The number of aliphatic carboxylic acids is 1. The lowest BCUT2D eigenvalue weighted by Gasteiger charge is -2.18.